The van der Waals surface area contributed by atoms with Crippen molar-refractivity contribution in [3.63, 3.8) is 0 Å². The van der Waals surface area contributed by atoms with E-state index in [1.807, 2.05) is 79.9 Å². The van der Waals surface area contributed by atoms with E-state index in [0.717, 1.165) is 17.1 Å². The maximum Gasteiger partial charge on any atom is 0.230 e. The molecule has 0 aliphatic rings. The minimum Gasteiger partial charge on any atom is -0.457 e. The number of anilines is 3. The first-order valence-corrected chi connectivity index (χ1v) is 10.6. The van der Waals surface area contributed by atoms with Gasteiger partial charge in [-0.2, -0.15) is 0 Å². The van der Waals surface area contributed by atoms with Crippen molar-refractivity contribution < 1.29 is 9.53 Å². The number of thiazole rings is 1. The second-order valence-electron chi connectivity index (χ2n) is 6.91. The molecule has 0 saturated carbocycles. The van der Waals surface area contributed by atoms with Crippen molar-refractivity contribution in [3.8, 4) is 11.5 Å². The molecule has 2 N–H and O–H groups in total. The molecule has 0 aliphatic carbocycles. The molecule has 1 amide bonds. The molecule has 0 fully saturated rings. The normalized spacial score (nSPS) is 10.5. The zero-order valence-electron chi connectivity index (χ0n) is 17.1. The molecule has 2 aromatic carbocycles. The fraction of sp³-hybridized carbons (Fsp3) is 0.130. The molecular weight excluding hydrogens is 410 g/mol. The summed E-state index contributed by atoms with van der Waals surface area (Å²) in [6.07, 6.45) is 0.175. The number of carbonyl (C=O) groups is 1. The highest BCUT2D eigenvalue weighted by Crippen LogP contribution is 2.23. The van der Waals surface area contributed by atoms with E-state index in [1.165, 1.54) is 11.3 Å². The van der Waals surface area contributed by atoms with Crippen molar-refractivity contribution in [2.24, 2.45) is 0 Å². The summed E-state index contributed by atoms with van der Waals surface area (Å²) in [5.74, 6) is 1.82. The molecule has 2 heterocycles. The highest BCUT2D eigenvalue weighted by atomic mass is 32.1. The number of para-hydroxylation sites is 1. The summed E-state index contributed by atoms with van der Waals surface area (Å²) in [6.45, 7) is 3.83. The molecule has 7 nitrogen and oxygen atoms in total. The van der Waals surface area contributed by atoms with Gasteiger partial charge in [-0.25, -0.2) is 15.0 Å². The Morgan fingerprint density at radius 2 is 1.61 bits per heavy atom. The molecule has 0 atom stereocenters. The van der Waals surface area contributed by atoms with Gasteiger partial charge in [0.25, 0.3) is 0 Å². The van der Waals surface area contributed by atoms with Crippen molar-refractivity contribution in [1.82, 2.24) is 15.0 Å². The van der Waals surface area contributed by atoms with Crippen LogP contribution >= 0.6 is 11.3 Å². The van der Waals surface area contributed by atoms with Crippen molar-refractivity contribution >= 4 is 34.0 Å². The molecule has 0 spiro atoms. The smallest absolute Gasteiger partial charge is 0.230 e. The molecule has 31 heavy (non-hydrogen) atoms. The van der Waals surface area contributed by atoms with Crippen LogP contribution in [0.1, 0.15) is 17.1 Å². The number of aromatic nitrogens is 3. The molecule has 2 aromatic heterocycles. The van der Waals surface area contributed by atoms with E-state index >= 15 is 0 Å². The summed E-state index contributed by atoms with van der Waals surface area (Å²) in [7, 11) is 0. The third kappa shape index (κ3) is 5.86. The first-order chi connectivity index (χ1) is 15.0. The monoisotopic (exact) mass is 431 g/mol. The molecule has 0 aliphatic heterocycles. The lowest BCUT2D eigenvalue weighted by atomic mass is 10.2. The molecule has 8 heteroatoms. The fourth-order valence-electron chi connectivity index (χ4n) is 2.92. The zero-order chi connectivity index (χ0) is 21.6. The Morgan fingerprint density at radius 1 is 0.935 bits per heavy atom. The Bertz CT molecular complexity index is 1160. The lowest BCUT2D eigenvalue weighted by Crippen LogP contribution is -2.14. The van der Waals surface area contributed by atoms with Crippen LogP contribution in [0.25, 0.3) is 0 Å². The third-order valence-corrected chi connectivity index (χ3v) is 5.02. The molecule has 4 rings (SSSR count). The number of amides is 1. The third-order valence-electron chi connectivity index (χ3n) is 4.21. The van der Waals surface area contributed by atoms with Crippen LogP contribution in [-0.2, 0) is 11.2 Å². The number of hydrogen-bond acceptors (Lipinski definition) is 7. The van der Waals surface area contributed by atoms with Gasteiger partial charge in [-0.15, -0.1) is 11.3 Å². The lowest BCUT2D eigenvalue weighted by Gasteiger charge is -2.07. The van der Waals surface area contributed by atoms with Crippen molar-refractivity contribution in [2.45, 2.75) is 20.3 Å². The summed E-state index contributed by atoms with van der Waals surface area (Å²) in [6, 6.07) is 18.7. The number of ether oxygens (including phenoxy) is 1. The van der Waals surface area contributed by atoms with Gasteiger partial charge in [0.1, 0.15) is 11.5 Å². The van der Waals surface area contributed by atoms with Crippen LogP contribution in [0.15, 0.2) is 66.0 Å². The van der Waals surface area contributed by atoms with Crippen molar-refractivity contribution in [2.75, 3.05) is 10.6 Å². The molecule has 0 radical (unpaired) electrons. The number of rotatable bonds is 7. The Kier molecular flexibility index (Phi) is 6.18. The van der Waals surface area contributed by atoms with Gasteiger partial charge in [0.05, 0.1) is 12.1 Å². The first-order valence-electron chi connectivity index (χ1n) is 9.70. The molecule has 0 saturated heterocycles. The van der Waals surface area contributed by atoms with Crippen LogP contribution in [0.2, 0.25) is 0 Å². The summed E-state index contributed by atoms with van der Waals surface area (Å²) < 4.78 is 5.76. The molecule has 156 valence electrons. The van der Waals surface area contributed by atoms with Gasteiger partial charge in [-0.3, -0.25) is 4.79 Å². The van der Waals surface area contributed by atoms with Gasteiger partial charge in [-0.05, 0) is 56.3 Å². The molecule has 0 unspecified atom stereocenters. The number of nitrogens with zero attached hydrogens (tertiary/aromatic N) is 3. The second kappa shape index (κ2) is 9.36. The van der Waals surface area contributed by atoms with Gasteiger partial charge < -0.3 is 15.4 Å². The average molecular weight is 432 g/mol. The fourth-order valence-corrected chi connectivity index (χ4v) is 3.63. The van der Waals surface area contributed by atoms with Crippen LogP contribution in [0.4, 0.5) is 16.8 Å². The van der Waals surface area contributed by atoms with Crippen molar-refractivity contribution in [3.05, 3.63) is 83.1 Å². The second-order valence-corrected chi connectivity index (χ2v) is 7.77. The van der Waals surface area contributed by atoms with E-state index in [4.69, 9.17) is 4.74 Å². The minimum atomic E-state index is -0.142. The van der Waals surface area contributed by atoms with Gasteiger partial charge >= 0.3 is 0 Å². The highest BCUT2D eigenvalue weighted by molar-refractivity contribution is 7.13. The summed E-state index contributed by atoms with van der Waals surface area (Å²) in [5.41, 5.74) is 3.14. The number of aryl methyl sites for hydroxylation is 2. The summed E-state index contributed by atoms with van der Waals surface area (Å²) >= 11 is 1.41. The SMILES string of the molecule is Cc1cc(C)nc(Nc2nc(CC(=O)Nc3ccc(Oc4ccccc4)cc3)cs2)n1. The predicted octanol–water partition coefficient (Wildman–Crippen LogP) is 5.27. The molecule has 0 bridgehead atoms. The van der Waals surface area contributed by atoms with E-state index in [9.17, 15) is 4.79 Å². The largest absolute Gasteiger partial charge is 0.457 e. The number of carbonyl (C=O) groups excluding carboxylic acids is 1. The van der Waals surface area contributed by atoms with Crippen LogP contribution in [0.3, 0.4) is 0 Å². The Labute approximate surface area is 184 Å². The molecular formula is C23H21N5O2S. The maximum atomic E-state index is 12.4. The number of hydrogen-bond donors (Lipinski definition) is 2. The van der Waals surface area contributed by atoms with Crippen LogP contribution in [0, 0.1) is 13.8 Å². The Hall–Kier alpha value is -3.78. The standard InChI is InChI=1S/C23H21N5O2S/c1-15-12-16(2)25-22(24-15)28-23-27-18(14-31-23)13-21(29)26-17-8-10-20(11-9-17)30-19-6-4-3-5-7-19/h3-12,14H,13H2,1-2H3,(H,26,29)(H,24,25,27,28). The van der Waals surface area contributed by atoms with E-state index in [0.29, 0.717) is 28.2 Å². The topological polar surface area (TPSA) is 89.0 Å². The lowest BCUT2D eigenvalue weighted by molar-refractivity contribution is -0.115. The summed E-state index contributed by atoms with van der Waals surface area (Å²) in [5, 5.41) is 8.47. The van der Waals surface area contributed by atoms with Gasteiger partial charge in [-0.1, -0.05) is 18.2 Å². The van der Waals surface area contributed by atoms with Gasteiger partial charge in [0, 0.05) is 22.5 Å². The minimum absolute atomic E-state index is 0.142. The predicted molar refractivity (Wildman–Crippen MR) is 122 cm³/mol. The van der Waals surface area contributed by atoms with Crippen LogP contribution < -0.4 is 15.4 Å². The summed E-state index contributed by atoms with van der Waals surface area (Å²) in [4.78, 5) is 25.5. The van der Waals surface area contributed by atoms with Crippen molar-refractivity contribution in [1.29, 1.82) is 0 Å². The highest BCUT2D eigenvalue weighted by Gasteiger charge is 2.10. The maximum absolute atomic E-state index is 12.4. The quantitative estimate of drug-likeness (QED) is 0.415. The van der Waals surface area contributed by atoms with Crippen LogP contribution in [0.5, 0.6) is 11.5 Å². The first kappa shape index (κ1) is 20.5. The Morgan fingerprint density at radius 3 is 2.32 bits per heavy atom. The Balaban J connectivity index is 1.31. The van der Waals surface area contributed by atoms with E-state index in [2.05, 4.69) is 25.6 Å². The van der Waals surface area contributed by atoms with Crippen LogP contribution in [-0.4, -0.2) is 20.9 Å². The zero-order valence-corrected chi connectivity index (χ0v) is 17.9. The average Bonchev–Trinajstić information content (AvgIpc) is 3.16. The molecule has 4 aromatic rings. The van der Waals surface area contributed by atoms with E-state index < -0.39 is 0 Å². The number of nitrogens with one attached hydrogen (secondary N) is 2. The van der Waals surface area contributed by atoms with Gasteiger partial charge in [0.15, 0.2) is 5.13 Å². The number of benzene rings is 2. The van der Waals surface area contributed by atoms with E-state index in [-0.39, 0.29) is 12.3 Å². The van der Waals surface area contributed by atoms with Gasteiger partial charge in [0.2, 0.25) is 11.9 Å². The van der Waals surface area contributed by atoms with E-state index in [1.54, 1.807) is 0 Å².